The monoisotopic (exact) mass is 280 g/mol. The third-order valence-electron chi connectivity index (χ3n) is 4.35. The molecule has 0 radical (unpaired) electrons. The van der Waals surface area contributed by atoms with Crippen molar-refractivity contribution in [2.24, 2.45) is 5.92 Å². The summed E-state index contributed by atoms with van der Waals surface area (Å²) < 4.78 is 0. The van der Waals surface area contributed by atoms with Gasteiger partial charge in [0, 0.05) is 12.2 Å². The van der Waals surface area contributed by atoms with Crippen LogP contribution in [0.15, 0.2) is 18.3 Å². The molecule has 2 aliphatic rings. The van der Waals surface area contributed by atoms with Gasteiger partial charge in [0.05, 0.1) is 5.02 Å². The van der Waals surface area contributed by atoms with Crippen molar-refractivity contribution >= 4 is 23.4 Å². The van der Waals surface area contributed by atoms with Crippen LogP contribution in [-0.4, -0.2) is 28.1 Å². The Balaban J connectivity index is 1.94. The summed E-state index contributed by atoms with van der Waals surface area (Å²) in [5.41, 5.74) is 0. The van der Waals surface area contributed by atoms with Crippen LogP contribution in [0.1, 0.15) is 32.1 Å². The van der Waals surface area contributed by atoms with Gasteiger partial charge in [-0.3, -0.25) is 0 Å². The van der Waals surface area contributed by atoms with Gasteiger partial charge in [-0.05, 0) is 37.3 Å². The summed E-state index contributed by atoms with van der Waals surface area (Å²) in [7, 11) is 0. The van der Waals surface area contributed by atoms with E-state index in [4.69, 9.17) is 11.6 Å². The molecule has 1 N–H and O–H groups in total. The number of carbonyl (C=O) groups is 1. The number of anilines is 1. The van der Waals surface area contributed by atoms with Gasteiger partial charge in [-0.15, -0.1) is 0 Å². The second-order valence-corrected chi connectivity index (χ2v) is 5.88. The number of aliphatic carboxylic acids is 1. The van der Waals surface area contributed by atoms with E-state index in [-0.39, 0.29) is 0 Å². The molecule has 102 valence electrons. The molecule has 0 amide bonds. The smallest absolute Gasteiger partial charge is 0.326 e. The summed E-state index contributed by atoms with van der Waals surface area (Å²) in [6, 6.07) is 3.49. The van der Waals surface area contributed by atoms with Gasteiger partial charge in [0.1, 0.15) is 11.9 Å². The van der Waals surface area contributed by atoms with Crippen LogP contribution in [0, 0.1) is 5.92 Å². The quantitative estimate of drug-likeness (QED) is 0.905. The first-order valence-corrected chi connectivity index (χ1v) is 7.17. The Hall–Kier alpha value is -1.29. The SMILES string of the molecule is O=C(O)C1CC2CCCCC2N1c1ccc(Cl)cn1. The Bertz CT molecular complexity index is 477. The molecule has 1 saturated heterocycles. The van der Waals surface area contributed by atoms with E-state index < -0.39 is 12.0 Å². The Labute approximate surface area is 117 Å². The maximum atomic E-state index is 11.5. The van der Waals surface area contributed by atoms with Crippen LogP contribution in [0.4, 0.5) is 5.82 Å². The predicted molar refractivity (Wildman–Crippen MR) is 73.5 cm³/mol. The molecule has 1 aliphatic heterocycles. The molecule has 19 heavy (non-hydrogen) atoms. The van der Waals surface area contributed by atoms with Crippen LogP contribution in [0.5, 0.6) is 0 Å². The number of halogens is 1. The van der Waals surface area contributed by atoms with Crippen LogP contribution >= 0.6 is 11.6 Å². The molecule has 2 heterocycles. The second kappa shape index (κ2) is 5.00. The Morgan fingerprint density at radius 3 is 2.84 bits per heavy atom. The van der Waals surface area contributed by atoms with Crippen LogP contribution in [0.3, 0.4) is 0 Å². The predicted octanol–water partition coefficient (Wildman–Crippen LogP) is 2.96. The highest BCUT2D eigenvalue weighted by molar-refractivity contribution is 6.30. The van der Waals surface area contributed by atoms with Gasteiger partial charge in [0.2, 0.25) is 0 Å². The molecular formula is C14H17ClN2O2. The number of pyridine rings is 1. The van der Waals surface area contributed by atoms with Crippen LogP contribution < -0.4 is 4.90 Å². The summed E-state index contributed by atoms with van der Waals surface area (Å²) in [6.45, 7) is 0. The maximum absolute atomic E-state index is 11.5. The third-order valence-corrected chi connectivity index (χ3v) is 4.57. The van der Waals surface area contributed by atoms with E-state index in [0.717, 1.165) is 25.1 Å². The maximum Gasteiger partial charge on any atom is 0.326 e. The minimum atomic E-state index is -0.744. The molecular weight excluding hydrogens is 264 g/mol. The molecule has 0 spiro atoms. The van der Waals surface area contributed by atoms with Crippen molar-refractivity contribution in [1.29, 1.82) is 0 Å². The van der Waals surface area contributed by atoms with Crippen molar-refractivity contribution in [1.82, 2.24) is 4.98 Å². The fourth-order valence-electron chi connectivity index (χ4n) is 3.53. The van der Waals surface area contributed by atoms with Crippen molar-refractivity contribution in [2.75, 3.05) is 4.90 Å². The fourth-order valence-corrected chi connectivity index (χ4v) is 3.64. The lowest BCUT2D eigenvalue weighted by Crippen LogP contribution is -2.42. The fraction of sp³-hybridized carbons (Fsp3) is 0.571. The lowest BCUT2D eigenvalue weighted by atomic mass is 9.85. The minimum Gasteiger partial charge on any atom is -0.480 e. The Morgan fingerprint density at radius 2 is 2.16 bits per heavy atom. The minimum absolute atomic E-state index is 0.323. The van der Waals surface area contributed by atoms with Gasteiger partial charge < -0.3 is 10.0 Å². The molecule has 1 aromatic heterocycles. The zero-order valence-corrected chi connectivity index (χ0v) is 11.4. The van der Waals surface area contributed by atoms with Gasteiger partial charge in [0.15, 0.2) is 0 Å². The van der Waals surface area contributed by atoms with Crippen molar-refractivity contribution < 1.29 is 9.90 Å². The first-order chi connectivity index (χ1) is 9.16. The van der Waals surface area contributed by atoms with Crippen molar-refractivity contribution in [3.05, 3.63) is 23.4 Å². The number of hydrogen-bond donors (Lipinski definition) is 1. The molecule has 1 aliphatic carbocycles. The molecule has 3 atom stereocenters. The lowest BCUT2D eigenvalue weighted by Gasteiger charge is -2.33. The van der Waals surface area contributed by atoms with E-state index in [9.17, 15) is 9.90 Å². The Kier molecular flexibility index (Phi) is 3.35. The topological polar surface area (TPSA) is 53.4 Å². The third kappa shape index (κ3) is 2.29. The summed E-state index contributed by atoms with van der Waals surface area (Å²) >= 11 is 5.86. The zero-order valence-electron chi connectivity index (χ0n) is 10.6. The van der Waals surface area contributed by atoms with Gasteiger partial charge in [-0.2, -0.15) is 0 Å². The first kappa shape index (κ1) is 12.7. The molecule has 3 unspecified atom stereocenters. The number of carboxylic acids is 1. The number of hydrogen-bond acceptors (Lipinski definition) is 3. The highest BCUT2D eigenvalue weighted by Gasteiger charge is 2.45. The Morgan fingerprint density at radius 1 is 1.37 bits per heavy atom. The van der Waals surface area contributed by atoms with Crippen LogP contribution in [-0.2, 0) is 4.79 Å². The molecule has 5 heteroatoms. The van der Waals surface area contributed by atoms with Crippen molar-refractivity contribution in [3.63, 3.8) is 0 Å². The number of nitrogens with zero attached hydrogens (tertiary/aromatic N) is 2. The zero-order chi connectivity index (χ0) is 13.4. The standard InChI is InChI=1S/C14H17ClN2O2/c15-10-5-6-13(16-8-10)17-11-4-2-1-3-9(11)7-12(17)14(18)19/h5-6,8-9,11-12H,1-4,7H2,(H,18,19). The van der Waals surface area contributed by atoms with E-state index in [1.165, 1.54) is 12.8 Å². The molecule has 1 aromatic rings. The van der Waals surface area contributed by atoms with E-state index in [2.05, 4.69) is 4.98 Å². The lowest BCUT2D eigenvalue weighted by molar-refractivity contribution is -0.138. The van der Waals surface area contributed by atoms with Gasteiger partial charge >= 0.3 is 5.97 Å². The molecule has 0 aromatic carbocycles. The number of fused-ring (bicyclic) bond motifs is 1. The average molecular weight is 281 g/mol. The normalized spacial score (nSPS) is 30.2. The first-order valence-electron chi connectivity index (χ1n) is 6.79. The largest absolute Gasteiger partial charge is 0.480 e. The van der Waals surface area contributed by atoms with E-state index in [1.807, 2.05) is 11.0 Å². The average Bonchev–Trinajstić information content (AvgIpc) is 2.79. The van der Waals surface area contributed by atoms with Crippen LogP contribution in [0.25, 0.3) is 0 Å². The molecule has 0 bridgehead atoms. The van der Waals surface area contributed by atoms with Gasteiger partial charge in [0.25, 0.3) is 0 Å². The van der Waals surface area contributed by atoms with Crippen molar-refractivity contribution in [3.8, 4) is 0 Å². The number of aromatic nitrogens is 1. The highest BCUT2D eigenvalue weighted by atomic mass is 35.5. The molecule has 2 fully saturated rings. The highest BCUT2D eigenvalue weighted by Crippen LogP contribution is 2.41. The summed E-state index contributed by atoms with van der Waals surface area (Å²) in [5.74, 6) is 0.490. The second-order valence-electron chi connectivity index (χ2n) is 5.44. The van der Waals surface area contributed by atoms with E-state index in [0.29, 0.717) is 17.0 Å². The van der Waals surface area contributed by atoms with Crippen molar-refractivity contribution in [2.45, 2.75) is 44.2 Å². The molecule has 4 nitrogen and oxygen atoms in total. The van der Waals surface area contributed by atoms with Crippen LogP contribution in [0.2, 0.25) is 5.02 Å². The molecule has 1 saturated carbocycles. The summed E-state index contributed by atoms with van der Waals surface area (Å²) in [5, 5.41) is 10.0. The summed E-state index contributed by atoms with van der Waals surface area (Å²) in [4.78, 5) is 17.8. The van der Waals surface area contributed by atoms with E-state index >= 15 is 0 Å². The number of carboxylic acid groups (broad SMARTS) is 1. The van der Waals surface area contributed by atoms with Gasteiger partial charge in [-0.1, -0.05) is 24.4 Å². The summed E-state index contributed by atoms with van der Waals surface area (Å²) in [6.07, 6.45) is 6.93. The van der Waals surface area contributed by atoms with E-state index in [1.54, 1.807) is 12.3 Å². The number of rotatable bonds is 2. The van der Waals surface area contributed by atoms with Gasteiger partial charge in [-0.25, -0.2) is 9.78 Å². The molecule has 3 rings (SSSR count).